The molecule has 2 rings (SSSR count). The van der Waals surface area contributed by atoms with E-state index >= 15 is 0 Å². The summed E-state index contributed by atoms with van der Waals surface area (Å²) in [5.74, 6) is 2.76. The van der Waals surface area contributed by atoms with Crippen molar-refractivity contribution >= 4 is 22.3 Å². The standard InChI is InChI=1S/2C10H15N3O2.H2O4S/c2*1-14-8-5-3-4-7(9(8)15-2)6-13-10(11)12;1-5(2,3)4/h2*3-5H,6H2,1-2H3,(H4,11,12,13);(H2,1,2,3,4). The number of rotatable bonds is 8. The van der Waals surface area contributed by atoms with E-state index in [1.54, 1.807) is 28.4 Å². The summed E-state index contributed by atoms with van der Waals surface area (Å²) in [6, 6.07) is 11.1. The van der Waals surface area contributed by atoms with Crippen molar-refractivity contribution in [2.24, 2.45) is 32.9 Å². The minimum absolute atomic E-state index is 0.0554. The Hall–Kier alpha value is -3.95. The fourth-order valence-electron chi connectivity index (χ4n) is 2.51. The van der Waals surface area contributed by atoms with Crippen LogP contribution in [0.3, 0.4) is 0 Å². The highest BCUT2D eigenvalue weighted by molar-refractivity contribution is 7.79. The van der Waals surface area contributed by atoms with Crippen LogP contribution in [0.5, 0.6) is 23.0 Å². The van der Waals surface area contributed by atoms with Crippen molar-refractivity contribution in [3.63, 3.8) is 0 Å². The average molecular weight is 517 g/mol. The van der Waals surface area contributed by atoms with E-state index in [9.17, 15) is 0 Å². The molecule has 2 aromatic carbocycles. The van der Waals surface area contributed by atoms with Crippen molar-refractivity contribution in [3.05, 3.63) is 47.5 Å². The fraction of sp³-hybridized carbons (Fsp3) is 0.300. The van der Waals surface area contributed by atoms with Gasteiger partial charge >= 0.3 is 10.4 Å². The molecule has 0 aliphatic carbocycles. The molecule has 0 heterocycles. The normalized spacial score (nSPS) is 9.77. The van der Waals surface area contributed by atoms with Crippen molar-refractivity contribution in [2.75, 3.05) is 28.4 Å². The maximum absolute atomic E-state index is 8.74. The van der Waals surface area contributed by atoms with Crippen LogP contribution in [-0.2, 0) is 23.5 Å². The van der Waals surface area contributed by atoms with Gasteiger partial charge in [0.1, 0.15) is 0 Å². The molecule has 0 amide bonds. The molecule has 0 bridgehead atoms. The topological polar surface area (TPSA) is 240 Å². The lowest BCUT2D eigenvalue weighted by Crippen LogP contribution is -2.22. The van der Waals surface area contributed by atoms with E-state index in [2.05, 4.69) is 9.98 Å². The molecule has 0 saturated heterocycles. The van der Waals surface area contributed by atoms with Gasteiger partial charge in [-0.05, 0) is 12.1 Å². The van der Waals surface area contributed by atoms with Crippen molar-refractivity contribution < 1.29 is 36.5 Å². The molecule has 0 atom stereocenters. The van der Waals surface area contributed by atoms with E-state index in [1.165, 1.54) is 0 Å². The van der Waals surface area contributed by atoms with Crippen LogP contribution in [0.25, 0.3) is 0 Å². The molecular formula is C20H32N6O8S. The highest BCUT2D eigenvalue weighted by Gasteiger charge is 2.09. The predicted octanol–water partition coefficient (Wildman–Crippen LogP) is 0.302. The predicted molar refractivity (Wildman–Crippen MR) is 132 cm³/mol. The first kappa shape index (κ1) is 31.0. The summed E-state index contributed by atoms with van der Waals surface area (Å²) in [7, 11) is 1.66. The summed E-state index contributed by atoms with van der Waals surface area (Å²) in [6.07, 6.45) is 0. The number of para-hydroxylation sites is 2. The molecule has 2 aromatic rings. The molecule has 35 heavy (non-hydrogen) atoms. The fourth-order valence-corrected chi connectivity index (χ4v) is 2.51. The largest absolute Gasteiger partial charge is 0.493 e. The second-order valence-electron chi connectivity index (χ2n) is 6.24. The molecule has 0 aliphatic heterocycles. The zero-order chi connectivity index (χ0) is 27.0. The molecule has 0 unspecified atom stereocenters. The molecule has 0 radical (unpaired) electrons. The minimum atomic E-state index is -4.67. The zero-order valence-electron chi connectivity index (χ0n) is 19.8. The van der Waals surface area contributed by atoms with E-state index in [0.29, 0.717) is 36.1 Å². The molecule has 0 fully saturated rings. The highest BCUT2D eigenvalue weighted by atomic mass is 32.3. The number of nitrogens with two attached hydrogens (primary N) is 4. The molecule has 196 valence electrons. The van der Waals surface area contributed by atoms with E-state index in [0.717, 1.165) is 11.1 Å². The van der Waals surface area contributed by atoms with Gasteiger partial charge in [0.2, 0.25) is 0 Å². The zero-order valence-corrected chi connectivity index (χ0v) is 20.7. The maximum atomic E-state index is 8.74. The Morgan fingerprint density at radius 3 is 1.26 bits per heavy atom. The van der Waals surface area contributed by atoms with Gasteiger partial charge in [0.15, 0.2) is 34.9 Å². The monoisotopic (exact) mass is 516 g/mol. The molecule has 0 spiro atoms. The van der Waals surface area contributed by atoms with E-state index in [1.807, 2.05) is 36.4 Å². The van der Waals surface area contributed by atoms with Gasteiger partial charge in [0, 0.05) is 11.1 Å². The lowest BCUT2D eigenvalue weighted by Gasteiger charge is -2.10. The summed E-state index contributed by atoms with van der Waals surface area (Å²) >= 11 is 0. The van der Waals surface area contributed by atoms with Gasteiger partial charge in [-0.15, -0.1) is 0 Å². The van der Waals surface area contributed by atoms with Crippen LogP contribution in [0.2, 0.25) is 0 Å². The van der Waals surface area contributed by atoms with Crippen molar-refractivity contribution in [1.29, 1.82) is 0 Å². The SMILES string of the molecule is COc1cccc(CN=C(N)N)c1OC.COc1cccc(CN=C(N)N)c1OC.O=S(=O)(O)O. The molecule has 0 aromatic heterocycles. The third-order valence-corrected chi connectivity index (χ3v) is 3.83. The van der Waals surface area contributed by atoms with Gasteiger partial charge in [-0.25, -0.2) is 9.98 Å². The number of methoxy groups -OCH3 is 4. The summed E-state index contributed by atoms with van der Waals surface area (Å²) in [5.41, 5.74) is 22.8. The van der Waals surface area contributed by atoms with Crippen molar-refractivity contribution in [1.82, 2.24) is 0 Å². The summed E-state index contributed by atoms with van der Waals surface area (Å²) < 4.78 is 52.3. The molecule has 0 aliphatic rings. The van der Waals surface area contributed by atoms with E-state index < -0.39 is 10.4 Å². The molecule has 15 heteroatoms. The Bertz CT molecular complexity index is 1010. The Labute approximate surface area is 204 Å². The van der Waals surface area contributed by atoms with Gasteiger partial charge in [0.05, 0.1) is 41.5 Å². The number of hydrogen-bond acceptors (Lipinski definition) is 8. The van der Waals surface area contributed by atoms with Crippen LogP contribution in [0.4, 0.5) is 0 Å². The second kappa shape index (κ2) is 15.8. The molecule has 14 nitrogen and oxygen atoms in total. The Balaban J connectivity index is 0.000000555. The Morgan fingerprint density at radius 2 is 1.03 bits per heavy atom. The van der Waals surface area contributed by atoms with Crippen molar-refractivity contribution in [2.45, 2.75) is 13.1 Å². The van der Waals surface area contributed by atoms with Crippen LogP contribution < -0.4 is 41.9 Å². The molecule has 10 N–H and O–H groups in total. The minimum Gasteiger partial charge on any atom is -0.493 e. The van der Waals surface area contributed by atoms with Gasteiger partial charge < -0.3 is 41.9 Å². The lowest BCUT2D eigenvalue weighted by atomic mass is 10.2. The Morgan fingerprint density at radius 1 is 0.714 bits per heavy atom. The van der Waals surface area contributed by atoms with Crippen LogP contribution in [0.1, 0.15) is 11.1 Å². The number of hydrogen-bond donors (Lipinski definition) is 6. The summed E-state index contributed by atoms with van der Waals surface area (Å²) in [6.45, 7) is 0.755. The first-order chi connectivity index (χ1) is 16.4. The highest BCUT2D eigenvalue weighted by Crippen LogP contribution is 2.31. The summed E-state index contributed by atoms with van der Waals surface area (Å²) in [4.78, 5) is 7.83. The van der Waals surface area contributed by atoms with Crippen LogP contribution in [0, 0.1) is 0 Å². The first-order valence-corrected chi connectivity index (χ1v) is 11.0. The van der Waals surface area contributed by atoms with Gasteiger partial charge in [-0.2, -0.15) is 8.42 Å². The van der Waals surface area contributed by atoms with Crippen molar-refractivity contribution in [3.8, 4) is 23.0 Å². The number of guanidine groups is 2. The van der Waals surface area contributed by atoms with Gasteiger partial charge in [0.25, 0.3) is 0 Å². The molecule has 0 saturated carbocycles. The quantitative estimate of drug-likeness (QED) is 0.158. The smallest absolute Gasteiger partial charge is 0.394 e. The first-order valence-electron chi connectivity index (χ1n) is 9.58. The number of benzene rings is 2. The van der Waals surface area contributed by atoms with Gasteiger partial charge in [-0.1, -0.05) is 24.3 Å². The van der Waals surface area contributed by atoms with Crippen LogP contribution in [0.15, 0.2) is 46.4 Å². The molecular weight excluding hydrogens is 484 g/mol. The number of ether oxygens (including phenoxy) is 4. The van der Waals surface area contributed by atoms with E-state index in [4.69, 9.17) is 59.4 Å². The second-order valence-corrected chi connectivity index (χ2v) is 7.13. The third-order valence-electron chi connectivity index (χ3n) is 3.83. The number of aliphatic imine (C=N–C) groups is 2. The van der Waals surface area contributed by atoms with Crippen LogP contribution >= 0.6 is 0 Å². The van der Waals surface area contributed by atoms with Crippen LogP contribution in [-0.4, -0.2) is 57.9 Å². The third kappa shape index (κ3) is 13.4. The lowest BCUT2D eigenvalue weighted by molar-refractivity contribution is 0.352. The Kier molecular flexibility index (Phi) is 14.0. The maximum Gasteiger partial charge on any atom is 0.394 e. The van der Waals surface area contributed by atoms with E-state index in [-0.39, 0.29) is 11.9 Å². The average Bonchev–Trinajstić information content (AvgIpc) is 2.79. The summed E-state index contributed by atoms with van der Waals surface area (Å²) in [5, 5.41) is 0. The van der Waals surface area contributed by atoms with Gasteiger partial charge in [-0.3, -0.25) is 9.11 Å². The number of nitrogens with zero attached hydrogens (tertiary/aromatic N) is 2.